The lowest BCUT2D eigenvalue weighted by atomic mass is 9.96. The van der Waals surface area contributed by atoms with E-state index in [0.717, 1.165) is 20.3 Å². The number of fused-ring (bicyclic) bond motifs is 1. The van der Waals surface area contributed by atoms with Crippen LogP contribution in [-0.2, 0) is 16.1 Å². The van der Waals surface area contributed by atoms with Gasteiger partial charge in [0.15, 0.2) is 16.3 Å². The Morgan fingerprint density at radius 1 is 1.07 bits per heavy atom. The van der Waals surface area contributed by atoms with E-state index in [0.29, 0.717) is 44.5 Å². The molecule has 0 saturated heterocycles. The van der Waals surface area contributed by atoms with Crippen molar-refractivity contribution in [2.75, 3.05) is 20.8 Å². The Morgan fingerprint density at radius 3 is 2.48 bits per heavy atom. The Bertz CT molecular complexity index is 1830. The molecule has 42 heavy (non-hydrogen) atoms. The number of halogens is 1. The van der Waals surface area contributed by atoms with E-state index in [-0.39, 0.29) is 12.2 Å². The van der Waals surface area contributed by atoms with Gasteiger partial charge < -0.3 is 18.9 Å². The molecule has 5 rings (SSSR count). The van der Waals surface area contributed by atoms with Crippen LogP contribution in [0.3, 0.4) is 0 Å². The SMILES string of the molecule is CCOC(=O)C1=C(C)N=c2s/c(=C\c3cc(I)c(OCc4ccccc4)c(OC)c3)c(=O)n2C1c1ccc(OC)cc1. The van der Waals surface area contributed by atoms with Crippen LogP contribution < -0.4 is 29.1 Å². The first-order chi connectivity index (χ1) is 20.3. The van der Waals surface area contributed by atoms with Gasteiger partial charge in [0.1, 0.15) is 12.4 Å². The fourth-order valence-electron chi connectivity index (χ4n) is 4.74. The number of rotatable bonds is 9. The molecule has 1 aliphatic heterocycles. The Labute approximate surface area is 260 Å². The molecule has 3 aromatic carbocycles. The fourth-order valence-corrected chi connectivity index (χ4v) is 6.57. The van der Waals surface area contributed by atoms with Gasteiger partial charge in [0.05, 0.1) is 46.2 Å². The molecule has 0 spiro atoms. The number of esters is 1. The summed E-state index contributed by atoms with van der Waals surface area (Å²) in [7, 11) is 3.18. The average molecular weight is 697 g/mol. The van der Waals surface area contributed by atoms with Gasteiger partial charge in [-0.2, -0.15) is 0 Å². The van der Waals surface area contributed by atoms with E-state index in [1.807, 2.05) is 60.7 Å². The highest BCUT2D eigenvalue weighted by Gasteiger charge is 2.33. The molecule has 0 fully saturated rings. The van der Waals surface area contributed by atoms with E-state index in [2.05, 4.69) is 27.6 Å². The first-order valence-corrected chi connectivity index (χ1v) is 15.1. The normalized spacial score (nSPS) is 14.7. The van der Waals surface area contributed by atoms with Crippen molar-refractivity contribution in [2.24, 2.45) is 4.99 Å². The number of hydrogen-bond donors (Lipinski definition) is 0. The van der Waals surface area contributed by atoms with E-state index >= 15 is 0 Å². The summed E-state index contributed by atoms with van der Waals surface area (Å²) in [5.74, 6) is 1.37. The molecule has 1 atom stereocenters. The standard InChI is InChI=1S/C32H29IN2O6S/c1-5-40-31(37)27-19(2)34-32-35(28(27)22-11-13-23(38-3)14-12-22)30(36)26(42-32)17-21-15-24(33)29(25(16-21)39-4)41-18-20-9-7-6-8-10-20/h6-17,28H,5,18H2,1-4H3/b26-17-. The Balaban J connectivity index is 1.58. The monoisotopic (exact) mass is 696 g/mol. The molecule has 8 nitrogen and oxygen atoms in total. The Kier molecular flexibility index (Phi) is 9.12. The predicted octanol–water partition coefficient (Wildman–Crippen LogP) is 5.00. The minimum absolute atomic E-state index is 0.209. The van der Waals surface area contributed by atoms with Crippen molar-refractivity contribution in [2.45, 2.75) is 26.5 Å². The molecule has 1 aromatic heterocycles. The van der Waals surface area contributed by atoms with Crippen LogP contribution in [0, 0.1) is 3.57 Å². The number of aromatic nitrogens is 1. The maximum Gasteiger partial charge on any atom is 0.338 e. The van der Waals surface area contributed by atoms with Crippen LogP contribution in [0.4, 0.5) is 0 Å². The van der Waals surface area contributed by atoms with Crippen LogP contribution in [0.15, 0.2) is 87.8 Å². The summed E-state index contributed by atoms with van der Waals surface area (Å²) in [5, 5.41) is 0. The molecule has 10 heteroatoms. The zero-order chi connectivity index (χ0) is 29.8. The molecule has 0 radical (unpaired) electrons. The number of hydrogen-bond acceptors (Lipinski definition) is 8. The number of carbonyl (C=O) groups is 1. The lowest BCUT2D eigenvalue weighted by Gasteiger charge is -2.24. The summed E-state index contributed by atoms with van der Waals surface area (Å²) in [5.41, 5.74) is 3.15. The topological polar surface area (TPSA) is 88.4 Å². The summed E-state index contributed by atoms with van der Waals surface area (Å²) >= 11 is 3.48. The number of methoxy groups -OCH3 is 2. The van der Waals surface area contributed by atoms with Crippen molar-refractivity contribution in [3.63, 3.8) is 0 Å². The third-order valence-electron chi connectivity index (χ3n) is 6.72. The zero-order valence-electron chi connectivity index (χ0n) is 23.5. The van der Waals surface area contributed by atoms with Gasteiger partial charge in [-0.15, -0.1) is 0 Å². The van der Waals surface area contributed by atoms with Crippen LogP contribution in [0.25, 0.3) is 6.08 Å². The van der Waals surface area contributed by atoms with Gasteiger partial charge in [0.2, 0.25) is 0 Å². The number of thiazole rings is 1. The molecule has 216 valence electrons. The Hall–Kier alpha value is -3.90. The van der Waals surface area contributed by atoms with Crippen molar-refractivity contribution < 1.29 is 23.7 Å². The zero-order valence-corrected chi connectivity index (χ0v) is 26.5. The lowest BCUT2D eigenvalue weighted by Crippen LogP contribution is -2.39. The van der Waals surface area contributed by atoms with Gasteiger partial charge in [-0.3, -0.25) is 9.36 Å². The van der Waals surface area contributed by atoms with Crippen LogP contribution in [0.2, 0.25) is 0 Å². The smallest absolute Gasteiger partial charge is 0.338 e. The highest BCUT2D eigenvalue weighted by molar-refractivity contribution is 14.1. The minimum atomic E-state index is -0.697. The van der Waals surface area contributed by atoms with Crippen molar-refractivity contribution in [3.05, 3.63) is 118 Å². The van der Waals surface area contributed by atoms with Gasteiger partial charge in [-0.05, 0) is 83.5 Å². The number of allylic oxidation sites excluding steroid dienone is 1. The lowest BCUT2D eigenvalue weighted by molar-refractivity contribution is -0.139. The van der Waals surface area contributed by atoms with E-state index in [1.165, 1.54) is 11.3 Å². The number of carbonyl (C=O) groups excluding carboxylic acids is 1. The van der Waals surface area contributed by atoms with Crippen molar-refractivity contribution in [1.82, 2.24) is 4.57 Å². The van der Waals surface area contributed by atoms with Crippen LogP contribution in [-0.4, -0.2) is 31.4 Å². The molecule has 0 saturated carbocycles. The van der Waals surface area contributed by atoms with Crippen LogP contribution >= 0.6 is 33.9 Å². The Morgan fingerprint density at radius 2 is 1.81 bits per heavy atom. The molecule has 1 aliphatic rings. The van der Waals surface area contributed by atoms with E-state index in [1.54, 1.807) is 44.8 Å². The summed E-state index contributed by atoms with van der Waals surface area (Å²) in [6, 6.07) is 20.3. The third kappa shape index (κ3) is 6.00. The summed E-state index contributed by atoms with van der Waals surface area (Å²) in [6.45, 7) is 4.12. The van der Waals surface area contributed by atoms with Crippen molar-refractivity contribution in [3.8, 4) is 17.2 Å². The first-order valence-electron chi connectivity index (χ1n) is 13.2. The second kappa shape index (κ2) is 13.0. The van der Waals surface area contributed by atoms with E-state index in [4.69, 9.17) is 18.9 Å². The highest BCUT2D eigenvalue weighted by Crippen LogP contribution is 2.35. The van der Waals surface area contributed by atoms with E-state index < -0.39 is 12.0 Å². The van der Waals surface area contributed by atoms with Gasteiger partial charge in [0.25, 0.3) is 5.56 Å². The minimum Gasteiger partial charge on any atom is -0.497 e. The predicted molar refractivity (Wildman–Crippen MR) is 170 cm³/mol. The largest absolute Gasteiger partial charge is 0.497 e. The summed E-state index contributed by atoms with van der Waals surface area (Å²) < 4.78 is 25.3. The fraction of sp³-hybridized carbons (Fsp3) is 0.219. The summed E-state index contributed by atoms with van der Waals surface area (Å²) in [6.07, 6.45) is 1.81. The third-order valence-corrected chi connectivity index (χ3v) is 8.51. The van der Waals surface area contributed by atoms with Crippen molar-refractivity contribution >= 4 is 46.0 Å². The van der Waals surface area contributed by atoms with Crippen LogP contribution in [0.5, 0.6) is 17.2 Å². The number of nitrogens with zero attached hydrogens (tertiary/aromatic N) is 2. The van der Waals surface area contributed by atoms with Gasteiger partial charge in [-0.25, -0.2) is 9.79 Å². The highest BCUT2D eigenvalue weighted by atomic mass is 127. The first kappa shape index (κ1) is 29.6. The van der Waals surface area contributed by atoms with Crippen molar-refractivity contribution in [1.29, 1.82) is 0 Å². The molecule has 0 aliphatic carbocycles. The number of ether oxygens (including phenoxy) is 4. The van der Waals surface area contributed by atoms with E-state index in [9.17, 15) is 9.59 Å². The molecular weight excluding hydrogens is 667 g/mol. The average Bonchev–Trinajstić information content (AvgIpc) is 3.30. The van der Waals surface area contributed by atoms with Gasteiger partial charge in [-0.1, -0.05) is 53.8 Å². The van der Waals surface area contributed by atoms with Gasteiger partial charge >= 0.3 is 5.97 Å². The quantitative estimate of drug-likeness (QED) is 0.181. The molecule has 4 aromatic rings. The number of benzene rings is 3. The molecule has 0 amide bonds. The second-order valence-corrected chi connectivity index (χ2v) is 11.6. The molecule has 2 heterocycles. The molecule has 0 bridgehead atoms. The maximum absolute atomic E-state index is 13.9. The molecule has 0 N–H and O–H groups in total. The van der Waals surface area contributed by atoms with Gasteiger partial charge in [0, 0.05) is 0 Å². The molecule has 1 unspecified atom stereocenters. The second-order valence-electron chi connectivity index (χ2n) is 9.38. The molecular formula is C32H29IN2O6S. The summed E-state index contributed by atoms with van der Waals surface area (Å²) in [4.78, 5) is 32.2. The maximum atomic E-state index is 13.9. The van der Waals surface area contributed by atoms with Crippen LogP contribution in [0.1, 0.15) is 36.6 Å².